The van der Waals surface area contributed by atoms with E-state index in [1.807, 2.05) is 4.98 Å². The Labute approximate surface area is 233 Å². The van der Waals surface area contributed by atoms with E-state index in [9.17, 15) is 23.9 Å². The maximum Gasteiger partial charge on any atom is 0.472 e. The monoisotopic (exact) mass is 637 g/mol. The van der Waals surface area contributed by atoms with E-state index in [-0.39, 0.29) is 12.2 Å². The van der Waals surface area contributed by atoms with Crippen molar-refractivity contribution in [1.29, 1.82) is 0 Å². The highest BCUT2D eigenvalue weighted by Gasteiger charge is 2.51. The van der Waals surface area contributed by atoms with Gasteiger partial charge in [0.25, 0.3) is 5.56 Å². The molecule has 9 atom stereocenters. The van der Waals surface area contributed by atoms with Crippen molar-refractivity contribution >= 4 is 43.3 Å². The molecule has 222 valence electrons. The number of phosphoric ester groups is 1. The zero-order valence-corrected chi connectivity index (χ0v) is 23.1. The van der Waals surface area contributed by atoms with Crippen LogP contribution in [0.25, 0.3) is 11.2 Å². The minimum atomic E-state index is -4.87. The normalized spacial score (nSPS) is 38.2. The molecular formula is C19H22FN7O11P2S. The molecule has 5 N–H and O–H groups in total. The number of nitrogens with one attached hydrogen (secondary N) is 1. The number of fused-ring (bicyclic) bond motifs is 4. The summed E-state index contributed by atoms with van der Waals surface area (Å²) in [4.78, 5) is 59.4. The van der Waals surface area contributed by atoms with Crippen LogP contribution < -0.4 is 17.0 Å². The fourth-order valence-electron chi connectivity index (χ4n) is 4.73. The summed E-state index contributed by atoms with van der Waals surface area (Å²) < 4.78 is 63.5. The number of aromatic amines is 1. The van der Waals surface area contributed by atoms with Crippen molar-refractivity contribution in [3.05, 3.63) is 45.8 Å². The second-order valence-electron chi connectivity index (χ2n) is 9.22. The first-order valence-corrected chi connectivity index (χ1v) is 16.0. The second kappa shape index (κ2) is 10.7. The third-order valence-corrected chi connectivity index (χ3v) is 9.17. The number of halogens is 1. The Balaban J connectivity index is 1.29. The Hall–Kier alpha value is -2.48. The van der Waals surface area contributed by atoms with Gasteiger partial charge in [0.2, 0.25) is 0 Å². The fraction of sp³-hybridized carbons (Fsp3) is 0.526. The predicted octanol–water partition coefficient (Wildman–Crippen LogP) is -0.384. The SMILES string of the molecule is Nc1ncnc2c1ncn2[C@H]1C[C@@H]2OP(=O)(O)OC[C@H]3O[C@@H](n4ccc(=O)[nH]c4=O)[C@H](OP(O)(=S)OC[C@H]2O1)[C@@H]3F. The summed E-state index contributed by atoms with van der Waals surface area (Å²) >= 11 is 5.10. The molecule has 3 aromatic rings. The molecule has 3 fully saturated rings. The molecule has 3 aromatic heterocycles. The zero-order valence-electron chi connectivity index (χ0n) is 20.5. The lowest BCUT2D eigenvalue weighted by Crippen LogP contribution is -2.37. The quantitative estimate of drug-likeness (QED) is 0.262. The lowest BCUT2D eigenvalue weighted by atomic mass is 10.1. The highest BCUT2D eigenvalue weighted by molar-refractivity contribution is 8.07. The van der Waals surface area contributed by atoms with Gasteiger partial charge in [-0.25, -0.2) is 28.7 Å². The standard InChI is InChI=1S/C19H22FN7O11P2S/c20-13-10-5-33-39(30,31)37-8-3-12(27-7-24-14-16(21)22-6-23-17(14)27)35-9(8)4-34-40(32,41)38-15(13)18(36-10)26-2-1-11(28)25-19(26)29/h1-2,6-10,12-13,15,18H,3-5H2,(H,30,31)(H,32,41)(H2,21,22,23)(H,25,28,29)/t8-,9+,10+,12+,13+,15+,18+,40?/m0/s1. The third kappa shape index (κ3) is 5.65. The average molecular weight is 637 g/mol. The molecule has 22 heteroatoms. The van der Waals surface area contributed by atoms with Crippen LogP contribution in [-0.4, -0.2) is 82.7 Å². The van der Waals surface area contributed by atoms with Crippen LogP contribution in [0.2, 0.25) is 0 Å². The van der Waals surface area contributed by atoms with Crippen molar-refractivity contribution in [1.82, 2.24) is 29.1 Å². The number of hydrogen-bond acceptors (Lipinski definition) is 14. The largest absolute Gasteiger partial charge is 0.472 e. The van der Waals surface area contributed by atoms with Crippen LogP contribution in [0.4, 0.5) is 10.2 Å². The second-order valence-corrected chi connectivity index (χ2v) is 13.4. The first-order chi connectivity index (χ1) is 19.4. The molecule has 6 rings (SSSR count). The van der Waals surface area contributed by atoms with E-state index in [2.05, 4.69) is 15.0 Å². The molecular weight excluding hydrogens is 615 g/mol. The number of alkyl halides is 1. The van der Waals surface area contributed by atoms with Crippen molar-refractivity contribution in [2.45, 2.75) is 49.5 Å². The van der Waals surface area contributed by atoms with E-state index in [4.69, 9.17) is 45.1 Å². The molecule has 3 aliphatic rings. The van der Waals surface area contributed by atoms with E-state index in [1.54, 1.807) is 0 Å². The zero-order chi connectivity index (χ0) is 29.1. The molecule has 41 heavy (non-hydrogen) atoms. The summed E-state index contributed by atoms with van der Waals surface area (Å²) in [5, 5.41) is 0. The molecule has 0 aromatic carbocycles. The molecule has 0 saturated carbocycles. The molecule has 0 radical (unpaired) electrons. The van der Waals surface area contributed by atoms with E-state index in [0.717, 1.165) is 16.8 Å². The Bertz CT molecular complexity index is 1690. The van der Waals surface area contributed by atoms with Gasteiger partial charge in [-0.1, -0.05) is 0 Å². The predicted molar refractivity (Wildman–Crippen MR) is 136 cm³/mol. The van der Waals surface area contributed by atoms with Gasteiger partial charge in [-0.3, -0.25) is 32.5 Å². The molecule has 2 unspecified atom stereocenters. The first kappa shape index (κ1) is 28.6. The van der Waals surface area contributed by atoms with E-state index in [1.165, 1.54) is 17.2 Å². The summed E-state index contributed by atoms with van der Waals surface area (Å²) in [7, 11) is -4.87. The Morgan fingerprint density at radius 1 is 1.07 bits per heavy atom. The molecule has 3 saturated heterocycles. The Morgan fingerprint density at radius 3 is 2.63 bits per heavy atom. The number of hydrogen-bond donors (Lipinski definition) is 4. The topological polar surface area (TPSA) is 237 Å². The van der Waals surface area contributed by atoms with Crippen LogP contribution >= 0.6 is 14.5 Å². The van der Waals surface area contributed by atoms with E-state index >= 15 is 4.39 Å². The van der Waals surface area contributed by atoms with Gasteiger partial charge in [-0.2, -0.15) is 0 Å². The van der Waals surface area contributed by atoms with Crippen LogP contribution in [0, 0.1) is 0 Å². The van der Waals surface area contributed by atoms with Crippen LogP contribution in [0.1, 0.15) is 18.9 Å². The van der Waals surface area contributed by atoms with Crippen LogP contribution in [0.5, 0.6) is 0 Å². The summed E-state index contributed by atoms with van der Waals surface area (Å²) in [5.74, 6) is 0.130. The number of ether oxygens (including phenoxy) is 2. The van der Waals surface area contributed by atoms with Gasteiger partial charge in [0.15, 0.2) is 23.9 Å². The highest BCUT2D eigenvalue weighted by atomic mass is 32.5. The van der Waals surface area contributed by atoms with Crippen molar-refractivity contribution in [3.8, 4) is 0 Å². The molecule has 0 amide bonds. The molecule has 0 aliphatic carbocycles. The van der Waals surface area contributed by atoms with E-state index in [0.29, 0.717) is 11.2 Å². The van der Waals surface area contributed by atoms with Gasteiger partial charge < -0.3 is 29.5 Å². The minimum absolute atomic E-state index is 0.0298. The van der Waals surface area contributed by atoms with Crippen molar-refractivity contribution in [2.75, 3.05) is 18.9 Å². The summed E-state index contributed by atoms with van der Waals surface area (Å²) in [5.41, 5.74) is 4.78. The van der Waals surface area contributed by atoms with E-state index < -0.39 is 82.0 Å². The van der Waals surface area contributed by atoms with Crippen molar-refractivity contribution < 1.29 is 46.3 Å². The van der Waals surface area contributed by atoms with Crippen molar-refractivity contribution in [2.24, 2.45) is 0 Å². The molecule has 2 bridgehead atoms. The van der Waals surface area contributed by atoms with Gasteiger partial charge in [0.05, 0.1) is 19.5 Å². The third-order valence-electron chi connectivity index (χ3n) is 6.59. The number of nitrogen functional groups attached to an aromatic ring is 1. The average Bonchev–Trinajstić information content (AvgIpc) is 3.58. The molecule has 18 nitrogen and oxygen atoms in total. The highest BCUT2D eigenvalue weighted by Crippen LogP contribution is 2.54. The fourth-order valence-corrected chi connectivity index (χ4v) is 7.09. The molecule has 0 spiro atoms. The maximum absolute atomic E-state index is 15.5. The number of phosphoric acid groups is 1. The number of aromatic nitrogens is 6. The van der Waals surface area contributed by atoms with Gasteiger partial charge in [-0.15, -0.1) is 0 Å². The molecule has 3 aliphatic heterocycles. The number of H-pyrrole nitrogens is 1. The number of anilines is 1. The van der Waals surface area contributed by atoms with Crippen LogP contribution in [-0.2, 0) is 43.9 Å². The number of imidazole rings is 1. The van der Waals surface area contributed by atoms with Gasteiger partial charge in [0, 0.05) is 18.7 Å². The number of nitrogens with zero attached hydrogens (tertiary/aromatic N) is 5. The van der Waals surface area contributed by atoms with Gasteiger partial charge >= 0.3 is 20.2 Å². The first-order valence-electron chi connectivity index (χ1n) is 11.9. The minimum Gasteiger partial charge on any atom is -0.382 e. The molecule has 6 heterocycles. The number of nitrogens with two attached hydrogens (primary N) is 1. The van der Waals surface area contributed by atoms with Crippen LogP contribution in [0.15, 0.2) is 34.5 Å². The summed E-state index contributed by atoms with van der Waals surface area (Å²) in [6.45, 7) is -5.60. The van der Waals surface area contributed by atoms with Crippen molar-refractivity contribution in [3.63, 3.8) is 0 Å². The Morgan fingerprint density at radius 2 is 1.85 bits per heavy atom. The number of rotatable bonds is 2. The van der Waals surface area contributed by atoms with Gasteiger partial charge in [-0.05, 0) is 11.8 Å². The van der Waals surface area contributed by atoms with Crippen LogP contribution in [0.3, 0.4) is 0 Å². The summed E-state index contributed by atoms with van der Waals surface area (Å²) in [6, 6.07) is 0.982. The maximum atomic E-state index is 15.5. The smallest absolute Gasteiger partial charge is 0.382 e. The van der Waals surface area contributed by atoms with Gasteiger partial charge in [0.1, 0.15) is 42.5 Å². The summed E-state index contributed by atoms with van der Waals surface area (Å²) in [6.07, 6.45) is -6.47. The lowest BCUT2D eigenvalue weighted by Gasteiger charge is -2.27. The lowest BCUT2D eigenvalue weighted by molar-refractivity contribution is -0.0653. The Kier molecular flexibility index (Phi) is 7.44.